The molecule has 7 heteroatoms. The van der Waals surface area contributed by atoms with Gasteiger partial charge in [-0.3, -0.25) is 14.6 Å². The predicted octanol–water partition coefficient (Wildman–Crippen LogP) is 3.76. The van der Waals surface area contributed by atoms with Gasteiger partial charge in [0.05, 0.1) is 16.9 Å². The van der Waals surface area contributed by atoms with Crippen molar-refractivity contribution < 1.29 is 4.79 Å². The van der Waals surface area contributed by atoms with Gasteiger partial charge in [0.2, 0.25) is 0 Å². The van der Waals surface area contributed by atoms with E-state index in [4.69, 9.17) is 12.2 Å². The van der Waals surface area contributed by atoms with Gasteiger partial charge in [0, 0.05) is 15.3 Å². The molecule has 0 saturated heterocycles. The molecule has 2 aromatic heterocycles. The molecule has 0 aliphatic heterocycles. The summed E-state index contributed by atoms with van der Waals surface area (Å²) >= 11 is 6.70. The van der Waals surface area contributed by atoms with E-state index in [0.29, 0.717) is 16.5 Å². The van der Waals surface area contributed by atoms with Crippen LogP contribution in [0.25, 0.3) is 10.9 Å². The normalized spacial score (nSPS) is 12.3. The Morgan fingerprint density at radius 3 is 2.67 bits per heavy atom. The van der Waals surface area contributed by atoms with E-state index in [-0.39, 0.29) is 22.3 Å². The van der Waals surface area contributed by atoms with Crippen LogP contribution in [0.5, 0.6) is 0 Å². The minimum absolute atomic E-state index is 0.0872. The lowest BCUT2D eigenvalue weighted by atomic mass is 10.1. The molecule has 3 N–H and O–H groups in total. The smallest absolute Gasteiger partial charge is 0.259 e. The number of aromatic amines is 2. The first-order chi connectivity index (χ1) is 11.3. The summed E-state index contributed by atoms with van der Waals surface area (Å²) in [6, 6.07) is 6.92. The lowest BCUT2D eigenvalue weighted by molar-refractivity contribution is 0.0940. The van der Waals surface area contributed by atoms with Crippen molar-refractivity contribution in [2.75, 3.05) is 0 Å². The van der Waals surface area contributed by atoms with Gasteiger partial charge in [0.25, 0.3) is 11.5 Å². The van der Waals surface area contributed by atoms with Crippen molar-refractivity contribution in [2.45, 2.75) is 26.8 Å². The zero-order valence-electron chi connectivity index (χ0n) is 13.5. The third-order valence-electron chi connectivity index (χ3n) is 3.90. The van der Waals surface area contributed by atoms with Gasteiger partial charge in [-0.1, -0.05) is 0 Å². The Morgan fingerprint density at radius 1 is 1.25 bits per heavy atom. The van der Waals surface area contributed by atoms with Crippen molar-refractivity contribution in [3.05, 3.63) is 60.3 Å². The van der Waals surface area contributed by atoms with Crippen molar-refractivity contribution in [1.29, 1.82) is 0 Å². The van der Waals surface area contributed by atoms with Crippen molar-refractivity contribution in [1.82, 2.24) is 15.3 Å². The molecule has 1 unspecified atom stereocenters. The maximum absolute atomic E-state index is 12.5. The van der Waals surface area contributed by atoms with Gasteiger partial charge in [0.1, 0.15) is 0 Å². The number of fused-ring (bicyclic) bond motifs is 1. The van der Waals surface area contributed by atoms with E-state index in [9.17, 15) is 9.59 Å². The van der Waals surface area contributed by atoms with Gasteiger partial charge < -0.3 is 10.3 Å². The Kier molecular flexibility index (Phi) is 4.38. The minimum Gasteiger partial charge on any atom is -0.345 e. The van der Waals surface area contributed by atoms with Crippen molar-refractivity contribution in [3.8, 4) is 0 Å². The molecule has 24 heavy (non-hydrogen) atoms. The predicted molar refractivity (Wildman–Crippen MR) is 99.4 cm³/mol. The molecule has 1 aromatic carbocycles. The van der Waals surface area contributed by atoms with Crippen molar-refractivity contribution in [3.63, 3.8) is 0 Å². The molecule has 0 saturated carbocycles. The van der Waals surface area contributed by atoms with Crippen molar-refractivity contribution >= 4 is 40.4 Å². The number of amides is 1. The van der Waals surface area contributed by atoms with E-state index in [1.165, 1.54) is 9.75 Å². The summed E-state index contributed by atoms with van der Waals surface area (Å²) in [6.45, 7) is 6.07. The highest BCUT2D eigenvalue weighted by molar-refractivity contribution is 7.71. The fraction of sp³-hybridized carbons (Fsp3) is 0.235. The number of hydrogen-bond donors (Lipinski definition) is 3. The highest BCUT2D eigenvalue weighted by Gasteiger charge is 2.15. The maximum Gasteiger partial charge on any atom is 0.259 e. The molecule has 1 atom stereocenters. The zero-order chi connectivity index (χ0) is 17.4. The molecule has 124 valence electrons. The Balaban J connectivity index is 1.90. The van der Waals surface area contributed by atoms with Crippen LogP contribution in [0.2, 0.25) is 0 Å². The number of hydrogen-bond acceptors (Lipinski definition) is 4. The summed E-state index contributed by atoms with van der Waals surface area (Å²) in [4.78, 5) is 32.2. The summed E-state index contributed by atoms with van der Waals surface area (Å²) in [5.41, 5.74) is 1.89. The molecule has 0 bridgehead atoms. The van der Waals surface area contributed by atoms with Crippen LogP contribution in [-0.4, -0.2) is 15.9 Å². The van der Waals surface area contributed by atoms with E-state index in [2.05, 4.69) is 35.2 Å². The molecular formula is C17H17N3O2S2. The number of thiophene rings is 1. The lowest BCUT2D eigenvalue weighted by Crippen LogP contribution is -2.26. The molecule has 0 fully saturated rings. The number of benzene rings is 1. The fourth-order valence-electron chi connectivity index (χ4n) is 2.75. The third-order valence-corrected chi connectivity index (χ3v) is 5.08. The average molecular weight is 359 g/mol. The second-order valence-electron chi connectivity index (χ2n) is 5.73. The highest BCUT2D eigenvalue weighted by atomic mass is 32.1. The second-order valence-corrected chi connectivity index (χ2v) is 7.60. The van der Waals surface area contributed by atoms with Gasteiger partial charge in [-0.25, -0.2) is 0 Å². The van der Waals surface area contributed by atoms with E-state index in [0.717, 1.165) is 5.56 Å². The van der Waals surface area contributed by atoms with Crippen LogP contribution in [-0.2, 0) is 0 Å². The first kappa shape index (κ1) is 16.6. The SMILES string of the molecule is Cc1cc(C(C)NC(=O)c2ccc3c(=O)[nH]c(=S)[nH]c3c2)c(C)s1. The van der Waals surface area contributed by atoms with Gasteiger partial charge in [-0.15, -0.1) is 11.3 Å². The molecule has 0 radical (unpaired) electrons. The highest BCUT2D eigenvalue weighted by Crippen LogP contribution is 2.26. The van der Waals surface area contributed by atoms with Crippen LogP contribution < -0.4 is 10.9 Å². The molecular weight excluding hydrogens is 342 g/mol. The first-order valence-electron chi connectivity index (χ1n) is 7.49. The Bertz CT molecular complexity index is 1050. The summed E-state index contributed by atoms with van der Waals surface area (Å²) in [7, 11) is 0. The Labute approximate surface area is 147 Å². The maximum atomic E-state index is 12.5. The zero-order valence-corrected chi connectivity index (χ0v) is 15.2. The number of H-pyrrole nitrogens is 2. The summed E-state index contributed by atoms with van der Waals surface area (Å²) < 4.78 is 0.239. The minimum atomic E-state index is -0.265. The van der Waals surface area contributed by atoms with Crippen LogP contribution in [0, 0.1) is 18.6 Å². The average Bonchev–Trinajstić information content (AvgIpc) is 2.85. The largest absolute Gasteiger partial charge is 0.345 e. The van der Waals surface area contributed by atoms with E-state index in [1.807, 2.05) is 6.92 Å². The van der Waals surface area contributed by atoms with E-state index < -0.39 is 0 Å². The first-order valence-corrected chi connectivity index (χ1v) is 8.72. The number of rotatable bonds is 3. The van der Waals surface area contributed by atoms with Crippen LogP contribution in [0.4, 0.5) is 0 Å². The number of nitrogens with one attached hydrogen (secondary N) is 3. The number of carbonyl (C=O) groups is 1. The quantitative estimate of drug-likeness (QED) is 0.623. The monoisotopic (exact) mass is 359 g/mol. The molecule has 0 aliphatic carbocycles. The molecule has 5 nitrogen and oxygen atoms in total. The van der Waals surface area contributed by atoms with Crippen LogP contribution >= 0.6 is 23.6 Å². The summed E-state index contributed by atoms with van der Waals surface area (Å²) in [5.74, 6) is -0.188. The number of carbonyl (C=O) groups excluding carboxylic acids is 1. The summed E-state index contributed by atoms with van der Waals surface area (Å²) in [5, 5.41) is 3.47. The van der Waals surface area contributed by atoms with Crippen LogP contribution in [0.15, 0.2) is 29.1 Å². The second kappa shape index (κ2) is 6.33. The van der Waals surface area contributed by atoms with Crippen LogP contribution in [0.3, 0.4) is 0 Å². The molecule has 1 amide bonds. The van der Waals surface area contributed by atoms with Gasteiger partial charge >= 0.3 is 0 Å². The van der Waals surface area contributed by atoms with Gasteiger partial charge in [-0.2, -0.15) is 0 Å². The topological polar surface area (TPSA) is 77.8 Å². The van der Waals surface area contributed by atoms with Gasteiger partial charge in [-0.05, 0) is 62.8 Å². The lowest BCUT2D eigenvalue weighted by Gasteiger charge is -2.14. The molecule has 3 rings (SSSR count). The number of aryl methyl sites for hydroxylation is 2. The van der Waals surface area contributed by atoms with E-state index >= 15 is 0 Å². The fourth-order valence-corrected chi connectivity index (χ4v) is 3.97. The molecule has 0 aliphatic rings. The molecule has 3 aromatic rings. The standard InChI is InChI=1S/C17H17N3O2S2/c1-8-6-13(10(3)24-8)9(2)18-15(21)11-4-5-12-14(7-11)19-17(23)20-16(12)22/h4-7,9H,1-3H3,(H,18,21)(H2,19,20,22,23). The van der Waals surface area contributed by atoms with E-state index in [1.54, 1.807) is 29.5 Å². The Hall–Kier alpha value is -2.25. The third kappa shape index (κ3) is 3.18. The molecule has 2 heterocycles. The van der Waals surface area contributed by atoms with Gasteiger partial charge in [0.15, 0.2) is 4.77 Å². The Morgan fingerprint density at radius 2 is 2.00 bits per heavy atom. The molecule has 0 spiro atoms. The number of aromatic nitrogens is 2. The van der Waals surface area contributed by atoms with Crippen molar-refractivity contribution in [2.24, 2.45) is 0 Å². The summed E-state index contributed by atoms with van der Waals surface area (Å²) in [6.07, 6.45) is 0. The van der Waals surface area contributed by atoms with Crippen LogP contribution in [0.1, 0.15) is 38.6 Å².